The molecular formula is C4H10Na. The van der Waals surface area contributed by atoms with E-state index in [-0.39, 0.29) is 31.0 Å². The second kappa shape index (κ2) is 8.83. The van der Waals surface area contributed by atoms with Crippen LogP contribution in [-0.2, 0) is 0 Å². The molecule has 0 aromatic carbocycles. The molecule has 0 saturated heterocycles. The average Bonchev–Trinajstić information content (AvgIpc) is 1.37. The molecule has 1 heteroatoms. The van der Waals surface area contributed by atoms with Gasteiger partial charge in [-0.3, -0.25) is 0 Å². The van der Waals surface area contributed by atoms with Gasteiger partial charge in [-0.15, -0.1) is 0 Å². The third-order valence-corrected chi connectivity index (χ3v) is 0.333. The molecule has 1 radical (unpaired) electrons. The van der Waals surface area contributed by atoms with Gasteiger partial charge in [-0.05, 0) is 13.8 Å². The van der Waals surface area contributed by atoms with Crippen LogP contribution in [0.15, 0.2) is 12.2 Å². The molecule has 0 aliphatic carbocycles. The molecule has 0 aliphatic rings. The number of hydrogen-bond donors (Lipinski definition) is 0. The fourth-order valence-electron chi connectivity index (χ4n) is 0. The van der Waals surface area contributed by atoms with Crippen molar-refractivity contribution in [3.8, 4) is 0 Å². The Balaban J connectivity index is -0.0000000450. The molecule has 0 nitrogen and oxygen atoms in total. The first-order valence-corrected chi connectivity index (χ1v) is 1.49. The second-order valence-corrected chi connectivity index (χ2v) is 0.667. The molecule has 0 rings (SSSR count). The summed E-state index contributed by atoms with van der Waals surface area (Å²) in [5.41, 5.74) is 0. The van der Waals surface area contributed by atoms with Crippen molar-refractivity contribution >= 4 is 29.6 Å². The number of rotatable bonds is 0. The predicted octanol–water partition coefficient (Wildman–Crippen LogP) is 1.45. The Morgan fingerprint density at radius 1 is 1.20 bits per heavy atom. The summed E-state index contributed by atoms with van der Waals surface area (Å²) in [7, 11) is 0. The van der Waals surface area contributed by atoms with Gasteiger partial charge in [0, 0.05) is 31.0 Å². The molecule has 0 aliphatic heterocycles. The molecule has 0 fully saturated rings. The summed E-state index contributed by atoms with van der Waals surface area (Å²) in [6.45, 7) is 4.00. The summed E-state index contributed by atoms with van der Waals surface area (Å²) in [6, 6.07) is 0. The van der Waals surface area contributed by atoms with Crippen LogP contribution in [0.4, 0.5) is 0 Å². The number of hydrogen-bond acceptors (Lipinski definition) is 0. The van der Waals surface area contributed by atoms with E-state index in [1.165, 1.54) is 0 Å². The minimum Gasteiger partial charge on any atom is -0.0919 e. The minimum atomic E-state index is 0. The van der Waals surface area contributed by atoms with E-state index in [2.05, 4.69) is 0 Å². The normalized spacial score (nSPS) is 7.60. The van der Waals surface area contributed by atoms with Crippen LogP contribution in [0.2, 0.25) is 0 Å². The van der Waals surface area contributed by atoms with Gasteiger partial charge in [-0.2, -0.15) is 0 Å². The Kier molecular flexibility index (Phi) is 16.3. The van der Waals surface area contributed by atoms with Crippen molar-refractivity contribution in [2.24, 2.45) is 0 Å². The van der Waals surface area contributed by atoms with Crippen LogP contribution < -0.4 is 0 Å². The molecule has 0 heterocycles. The minimum absolute atomic E-state index is 0. The van der Waals surface area contributed by atoms with Crippen molar-refractivity contribution in [3.05, 3.63) is 12.2 Å². The van der Waals surface area contributed by atoms with Gasteiger partial charge in [0.15, 0.2) is 0 Å². The van der Waals surface area contributed by atoms with Gasteiger partial charge >= 0.3 is 0 Å². The maximum absolute atomic E-state index is 2.00. The molecule has 0 amide bonds. The van der Waals surface area contributed by atoms with Crippen molar-refractivity contribution in [2.45, 2.75) is 13.8 Å². The van der Waals surface area contributed by atoms with Crippen LogP contribution in [0.3, 0.4) is 0 Å². The van der Waals surface area contributed by atoms with Crippen molar-refractivity contribution in [1.82, 2.24) is 0 Å². The molecule has 0 N–H and O–H groups in total. The third kappa shape index (κ3) is 11.8. The van der Waals surface area contributed by atoms with Gasteiger partial charge < -0.3 is 0 Å². The van der Waals surface area contributed by atoms with E-state index >= 15 is 0 Å². The first-order valence-electron chi connectivity index (χ1n) is 1.49. The van der Waals surface area contributed by atoms with E-state index in [0.717, 1.165) is 0 Å². The molecule has 0 spiro atoms. The monoisotopic (exact) mass is 81.1 g/mol. The zero-order valence-electron chi connectivity index (χ0n) is 4.15. The smallest absolute Gasteiger partial charge is 0 e. The zero-order valence-corrected chi connectivity index (χ0v) is 6.15. The quantitative estimate of drug-likeness (QED) is 0.306. The maximum Gasteiger partial charge on any atom is 0 e. The fourth-order valence-corrected chi connectivity index (χ4v) is 0. The van der Waals surface area contributed by atoms with E-state index in [1.807, 2.05) is 26.0 Å². The summed E-state index contributed by atoms with van der Waals surface area (Å²) in [6.07, 6.45) is 4.00. The Morgan fingerprint density at radius 3 is 1.40 bits per heavy atom. The Morgan fingerprint density at radius 2 is 1.40 bits per heavy atom. The zero-order chi connectivity index (χ0) is 3.41. The van der Waals surface area contributed by atoms with Gasteiger partial charge in [-0.1, -0.05) is 12.2 Å². The molecular weight excluding hydrogens is 71.0 g/mol. The van der Waals surface area contributed by atoms with Crippen molar-refractivity contribution in [2.75, 3.05) is 0 Å². The average molecular weight is 81.1 g/mol. The van der Waals surface area contributed by atoms with Gasteiger partial charge in [0.2, 0.25) is 0 Å². The standard InChI is InChI=1S/C4H8.Na.H2/c1-3-4-2;;/h3-4H,1-2H3;;1H. The second-order valence-electron chi connectivity index (χ2n) is 0.667. The van der Waals surface area contributed by atoms with Crippen LogP contribution >= 0.6 is 0 Å². The van der Waals surface area contributed by atoms with Crippen molar-refractivity contribution < 1.29 is 1.43 Å². The van der Waals surface area contributed by atoms with Crippen LogP contribution in [0, 0.1) is 0 Å². The summed E-state index contributed by atoms with van der Waals surface area (Å²) in [5, 5.41) is 0. The largest absolute Gasteiger partial charge is 0.0919 e. The third-order valence-electron chi connectivity index (χ3n) is 0.333. The van der Waals surface area contributed by atoms with Crippen molar-refractivity contribution in [1.29, 1.82) is 0 Å². The molecule has 27 valence electrons. The first-order chi connectivity index (χ1) is 1.91. The van der Waals surface area contributed by atoms with Crippen LogP contribution in [0.5, 0.6) is 0 Å². The van der Waals surface area contributed by atoms with E-state index in [4.69, 9.17) is 0 Å². The van der Waals surface area contributed by atoms with Gasteiger partial charge in [0.1, 0.15) is 0 Å². The van der Waals surface area contributed by atoms with Gasteiger partial charge in [0.05, 0.1) is 0 Å². The van der Waals surface area contributed by atoms with Crippen molar-refractivity contribution in [3.63, 3.8) is 0 Å². The van der Waals surface area contributed by atoms with E-state index in [0.29, 0.717) is 0 Å². The fraction of sp³-hybridized carbons (Fsp3) is 0.500. The molecule has 0 aromatic rings. The predicted molar refractivity (Wildman–Crippen MR) is 28.4 cm³/mol. The summed E-state index contributed by atoms with van der Waals surface area (Å²) in [4.78, 5) is 0. The molecule has 5 heavy (non-hydrogen) atoms. The molecule has 0 aromatic heterocycles. The summed E-state index contributed by atoms with van der Waals surface area (Å²) in [5.74, 6) is 0. The molecule has 0 unspecified atom stereocenters. The SMILES string of the molecule is CC=CC.[HH].[Na]. The maximum atomic E-state index is 2.00. The Hall–Kier alpha value is 0.740. The molecule has 0 saturated carbocycles. The van der Waals surface area contributed by atoms with Crippen LogP contribution in [0.25, 0.3) is 0 Å². The van der Waals surface area contributed by atoms with Gasteiger partial charge in [0.25, 0.3) is 0 Å². The van der Waals surface area contributed by atoms with E-state index in [1.54, 1.807) is 0 Å². The summed E-state index contributed by atoms with van der Waals surface area (Å²) < 4.78 is 0. The molecule has 0 atom stereocenters. The summed E-state index contributed by atoms with van der Waals surface area (Å²) >= 11 is 0. The topological polar surface area (TPSA) is 0 Å². The molecule has 0 bridgehead atoms. The first kappa shape index (κ1) is 9.22. The Labute approximate surface area is 57.0 Å². The van der Waals surface area contributed by atoms with E-state index in [9.17, 15) is 0 Å². The van der Waals surface area contributed by atoms with E-state index < -0.39 is 0 Å². The van der Waals surface area contributed by atoms with Gasteiger partial charge in [-0.25, -0.2) is 0 Å². The Bertz CT molecular complexity index is 22.7. The van der Waals surface area contributed by atoms with Crippen LogP contribution in [-0.4, -0.2) is 29.6 Å². The number of allylic oxidation sites excluding steroid dienone is 2. The van der Waals surface area contributed by atoms with Crippen LogP contribution in [0.1, 0.15) is 15.3 Å².